The Balaban J connectivity index is 1.14. The zero-order valence-corrected chi connectivity index (χ0v) is 32.1. The maximum Gasteiger partial charge on any atom is 0.166 e. The first kappa shape index (κ1) is 34.3. The van der Waals surface area contributed by atoms with Gasteiger partial charge in [-0.15, -0.1) is 0 Å². The molecule has 11 aromatic rings. The van der Waals surface area contributed by atoms with Crippen LogP contribution in [0.2, 0.25) is 0 Å². The van der Waals surface area contributed by atoms with Gasteiger partial charge in [-0.25, -0.2) is 15.0 Å². The molecule has 0 aliphatic carbocycles. The average Bonchev–Trinajstić information content (AvgIpc) is 3.66. The summed E-state index contributed by atoms with van der Waals surface area (Å²) in [4.78, 5) is 16.0. The lowest BCUT2D eigenvalue weighted by atomic mass is 9.96. The number of fused-ring (bicyclic) bond motifs is 4. The quantitative estimate of drug-likeness (QED) is 0.163. The summed E-state index contributed by atoms with van der Waals surface area (Å²) in [7, 11) is 0. The fourth-order valence-corrected chi connectivity index (χ4v) is 8.34. The Labute approximate surface area is 342 Å². The molecule has 9 aromatic carbocycles. The smallest absolute Gasteiger partial charge is 0.166 e. The summed E-state index contributed by atoms with van der Waals surface area (Å²) < 4.78 is 2.34. The van der Waals surface area contributed by atoms with E-state index in [0.29, 0.717) is 17.5 Å². The van der Waals surface area contributed by atoms with Crippen LogP contribution in [-0.4, -0.2) is 19.5 Å². The van der Waals surface area contributed by atoms with Crippen molar-refractivity contribution in [2.24, 2.45) is 0 Å². The van der Waals surface area contributed by atoms with E-state index in [1.54, 1.807) is 0 Å². The van der Waals surface area contributed by atoms with Gasteiger partial charge in [-0.05, 0) is 98.8 Å². The van der Waals surface area contributed by atoms with Gasteiger partial charge in [0.05, 0.1) is 16.7 Å². The van der Waals surface area contributed by atoms with E-state index in [1.807, 2.05) is 0 Å². The number of rotatable bonds is 7. The highest BCUT2D eigenvalue weighted by atomic mass is 15.1. The molecule has 0 spiro atoms. The Bertz CT molecular complexity index is 3200. The third-order valence-electron chi connectivity index (χ3n) is 11.2. The molecule has 0 atom stereocenters. The molecule has 0 amide bonds. The van der Waals surface area contributed by atoms with Gasteiger partial charge in [0.2, 0.25) is 0 Å². The zero-order chi connectivity index (χ0) is 39.1. The van der Waals surface area contributed by atoms with Gasteiger partial charge < -0.3 is 4.57 Å². The lowest BCUT2D eigenvalue weighted by molar-refractivity contribution is 1.06. The fraction of sp³-hybridized carbons (Fsp3) is 0. The van der Waals surface area contributed by atoms with Crippen LogP contribution in [0.15, 0.2) is 218 Å². The summed E-state index contributed by atoms with van der Waals surface area (Å²) >= 11 is 0. The lowest BCUT2D eigenvalue weighted by Gasteiger charge is -2.15. The van der Waals surface area contributed by atoms with Crippen molar-refractivity contribution in [3.05, 3.63) is 218 Å². The molecule has 4 nitrogen and oxygen atoms in total. The first-order chi connectivity index (χ1) is 29.2. The van der Waals surface area contributed by atoms with Crippen LogP contribution in [0.1, 0.15) is 0 Å². The van der Waals surface area contributed by atoms with Gasteiger partial charge in [0.1, 0.15) is 0 Å². The minimum atomic E-state index is 0.605. The molecule has 4 heteroatoms. The van der Waals surface area contributed by atoms with E-state index in [9.17, 15) is 0 Å². The molecule has 0 radical (unpaired) electrons. The Hall–Kier alpha value is -7.95. The maximum atomic E-state index is 5.37. The lowest BCUT2D eigenvalue weighted by Crippen LogP contribution is -2.04. The van der Waals surface area contributed by atoms with Crippen molar-refractivity contribution in [2.75, 3.05) is 0 Å². The maximum absolute atomic E-state index is 5.37. The Morgan fingerprint density at radius 3 is 1.29 bits per heavy atom. The van der Waals surface area contributed by atoms with Crippen LogP contribution in [0.5, 0.6) is 0 Å². The highest BCUT2D eigenvalue weighted by molar-refractivity contribution is 6.09. The summed E-state index contributed by atoms with van der Waals surface area (Å²) in [6.45, 7) is 0. The minimum Gasteiger partial charge on any atom is -0.309 e. The van der Waals surface area contributed by atoms with Crippen molar-refractivity contribution in [3.8, 4) is 73.2 Å². The van der Waals surface area contributed by atoms with Crippen LogP contribution in [0.3, 0.4) is 0 Å². The molecule has 0 unspecified atom stereocenters. The molecule has 59 heavy (non-hydrogen) atoms. The third-order valence-corrected chi connectivity index (χ3v) is 11.2. The number of nitrogens with zero attached hydrogens (tertiary/aromatic N) is 4. The zero-order valence-electron chi connectivity index (χ0n) is 32.1. The predicted octanol–water partition coefficient (Wildman–Crippen LogP) is 14.1. The van der Waals surface area contributed by atoms with Crippen LogP contribution in [-0.2, 0) is 0 Å². The van der Waals surface area contributed by atoms with Crippen molar-refractivity contribution in [1.82, 2.24) is 19.5 Å². The highest BCUT2D eigenvalue weighted by Crippen LogP contribution is 2.38. The topological polar surface area (TPSA) is 43.6 Å². The molecule has 0 saturated heterocycles. The van der Waals surface area contributed by atoms with Gasteiger partial charge in [-0.3, -0.25) is 0 Å². The molecule has 0 fully saturated rings. The first-order valence-electron chi connectivity index (χ1n) is 19.9. The minimum absolute atomic E-state index is 0.605. The van der Waals surface area contributed by atoms with Crippen molar-refractivity contribution >= 4 is 32.6 Å². The third kappa shape index (κ3) is 6.34. The van der Waals surface area contributed by atoms with Crippen molar-refractivity contribution < 1.29 is 0 Å². The van der Waals surface area contributed by atoms with Gasteiger partial charge in [0.15, 0.2) is 17.5 Å². The van der Waals surface area contributed by atoms with Crippen LogP contribution in [0, 0.1) is 0 Å². The molecule has 0 aliphatic rings. The summed E-state index contributed by atoms with van der Waals surface area (Å²) in [6, 6.07) is 77.0. The standard InChI is InChI=1S/C55H36N4/c1-4-16-37(17-5-1)40-28-29-42-33-43(31-30-41(42)32-40)53-56-54(46-35-44(38-18-6-2-7-19-38)34-45(36-46)39-20-8-3-9-21-39)58-55(57-53)49-24-12-15-27-52(49)59-50-25-13-10-22-47(50)48-23-11-14-26-51(48)59/h1-36H. The highest BCUT2D eigenvalue weighted by Gasteiger charge is 2.20. The van der Waals surface area contributed by atoms with Crippen LogP contribution in [0.25, 0.3) is 106 Å². The van der Waals surface area contributed by atoms with Crippen molar-refractivity contribution in [2.45, 2.75) is 0 Å². The van der Waals surface area contributed by atoms with E-state index in [0.717, 1.165) is 66.4 Å². The average molecular weight is 753 g/mol. The normalized spacial score (nSPS) is 11.4. The molecular weight excluding hydrogens is 717 g/mol. The monoisotopic (exact) mass is 752 g/mol. The summed E-state index contributed by atoms with van der Waals surface area (Å²) in [6.07, 6.45) is 0. The second-order valence-corrected chi connectivity index (χ2v) is 14.9. The predicted molar refractivity (Wildman–Crippen MR) is 244 cm³/mol. The fourth-order valence-electron chi connectivity index (χ4n) is 8.34. The van der Waals surface area contributed by atoms with E-state index < -0.39 is 0 Å². The molecule has 2 aromatic heterocycles. The van der Waals surface area contributed by atoms with Crippen molar-refractivity contribution in [1.29, 1.82) is 0 Å². The molecule has 0 aliphatic heterocycles. The van der Waals surface area contributed by atoms with Crippen molar-refractivity contribution in [3.63, 3.8) is 0 Å². The number of para-hydroxylation sites is 3. The summed E-state index contributed by atoms with van der Waals surface area (Å²) in [5.74, 6) is 1.83. The van der Waals surface area contributed by atoms with Crippen LogP contribution >= 0.6 is 0 Å². The largest absolute Gasteiger partial charge is 0.309 e. The van der Waals surface area contributed by atoms with E-state index in [4.69, 9.17) is 15.0 Å². The molecule has 0 N–H and O–H groups in total. The van der Waals surface area contributed by atoms with E-state index in [1.165, 1.54) is 21.9 Å². The van der Waals surface area contributed by atoms with Crippen LogP contribution < -0.4 is 0 Å². The molecule has 276 valence electrons. The Morgan fingerprint density at radius 1 is 0.271 bits per heavy atom. The van der Waals surface area contributed by atoms with Gasteiger partial charge in [-0.2, -0.15) is 0 Å². The number of hydrogen-bond donors (Lipinski definition) is 0. The molecular formula is C55H36N4. The van der Waals surface area contributed by atoms with E-state index >= 15 is 0 Å². The van der Waals surface area contributed by atoms with Gasteiger partial charge in [-0.1, -0.05) is 164 Å². The number of aromatic nitrogens is 4. The van der Waals surface area contributed by atoms with Gasteiger partial charge in [0.25, 0.3) is 0 Å². The molecule has 0 saturated carbocycles. The summed E-state index contributed by atoms with van der Waals surface area (Å²) in [5, 5.41) is 4.68. The van der Waals surface area contributed by atoms with Crippen LogP contribution in [0.4, 0.5) is 0 Å². The molecule has 0 bridgehead atoms. The number of benzene rings is 9. The van der Waals surface area contributed by atoms with Gasteiger partial charge in [0, 0.05) is 27.5 Å². The second kappa shape index (κ2) is 14.5. The number of hydrogen-bond acceptors (Lipinski definition) is 3. The summed E-state index contributed by atoms with van der Waals surface area (Å²) in [5.41, 5.74) is 12.8. The van der Waals surface area contributed by atoms with E-state index in [-0.39, 0.29) is 0 Å². The Morgan fingerprint density at radius 2 is 0.695 bits per heavy atom. The van der Waals surface area contributed by atoms with E-state index in [2.05, 4.69) is 223 Å². The molecule has 2 heterocycles. The second-order valence-electron chi connectivity index (χ2n) is 14.9. The Kier molecular flexibility index (Phi) is 8.45. The SMILES string of the molecule is c1ccc(-c2cc(-c3ccccc3)cc(-c3nc(-c4ccc5cc(-c6ccccc6)ccc5c4)nc(-c4ccccc4-n4c5ccccc5c5ccccc54)n3)c2)cc1. The van der Waals surface area contributed by atoms with Gasteiger partial charge >= 0.3 is 0 Å². The molecule has 11 rings (SSSR count). The first-order valence-corrected chi connectivity index (χ1v) is 19.9.